The predicted molar refractivity (Wildman–Crippen MR) is 92.9 cm³/mol. The van der Waals surface area contributed by atoms with Gasteiger partial charge in [-0.15, -0.1) is 0 Å². The molecule has 3 aromatic heterocycles. The topological polar surface area (TPSA) is 98.6 Å². The van der Waals surface area contributed by atoms with Crippen molar-refractivity contribution in [1.82, 2.24) is 19.6 Å². The number of ether oxygens (including phenoxy) is 1. The molecule has 1 fully saturated rings. The highest BCUT2D eigenvalue weighted by Gasteiger charge is 2.29. The second-order valence-corrected chi connectivity index (χ2v) is 6.18. The number of fused-ring (bicyclic) bond motifs is 1. The molecule has 0 radical (unpaired) electrons. The van der Waals surface area contributed by atoms with Gasteiger partial charge >= 0.3 is 0 Å². The number of aromatic nitrogens is 4. The maximum absolute atomic E-state index is 10.3. The van der Waals surface area contributed by atoms with Gasteiger partial charge in [0.2, 0.25) is 0 Å². The number of aliphatic hydroxyl groups is 1. The van der Waals surface area contributed by atoms with Crippen LogP contribution in [0.1, 0.15) is 12.1 Å². The molecule has 25 heavy (non-hydrogen) atoms. The van der Waals surface area contributed by atoms with Crippen LogP contribution in [0.25, 0.3) is 16.9 Å². The van der Waals surface area contributed by atoms with Crippen LogP contribution in [0, 0.1) is 11.8 Å². The zero-order chi connectivity index (χ0) is 17.4. The van der Waals surface area contributed by atoms with E-state index in [9.17, 15) is 5.11 Å². The molecule has 0 amide bonds. The van der Waals surface area contributed by atoms with Crippen molar-refractivity contribution in [3.05, 3.63) is 41.4 Å². The zero-order valence-corrected chi connectivity index (χ0v) is 13.9. The van der Waals surface area contributed by atoms with Gasteiger partial charge in [-0.25, -0.2) is 14.5 Å². The lowest BCUT2D eigenvalue weighted by Gasteiger charge is -2.10. The van der Waals surface area contributed by atoms with Gasteiger partial charge in [0.1, 0.15) is 5.69 Å². The fourth-order valence-electron chi connectivity index (χ4n) is 2.55. The summed E-state index contributed by atoms with van der Waals surface area (Å²) in [7, 11) is 0. The summed E-state index contributed by atoms with van der Waals surface area (Å²) in [6.07, 6.45) is 3.71. The fourth-order valence-corrected chi connectivity index (χ4v) is 2.65. The maximum Gasteiger partial charge on any atom is 0.154 e. The molecule has 3 N–H and O–H groups in total. The smallest absolute Gasteiger partial charge is 0.154 e. The number of pyridine rings is 1. The lowest BCUT2D eigenvalue weighted by molar-refractivity contribution is 0.0765. The summed E-state index contributed by atoms with van der Waals surface area (Å²) in [5.41, 5.74) is 7.70. The number of imidazole rings is 1. The third-order valence-corrected chi connectivity index (χ3v) is 4.26. The van der Waals surface area contributed by atoms with Gasteiger partial charge < -0.3 is 15.6 Å². The minimum absolute atomic E-state index is 0.213. The molecule has 1 atom stereocenters. The molecule has 1 aliphatic rings. The average molecular weight is 356 g/mol. The molecule has 8 heteroatoms. The summed E-state index contributed by atoms with van der Waals surface area (Å²) in [5, 5.41) is 15.1. The van der Waals surface area contributed by atoms with Crippen LogP contribution in [0.5, 0.6) is 0 Å². The Morgan fingerprint density at radius 2 is 2.20 bits per heavy atom. The quantitative estimate of drug-likeness (QED) is 0.507. The van der Waals surface area contributed by atoms with E-state index in [0.29, 0.717) is 35.8 Å². The summed E-state index contributed by atoms with van der Waals surface area (Å²) in [6.45, 7) is 0.719. The van der Waals surface area contributed by atoms with E-state index in [-0.39, 0.29) is 11.8 Å². The molecule has 0 spiro atoms. The van der Waals surface area contributed by atoms with E-state index in [1.807, 2.05) is 12.1 Å². The van der Waals surface area contributed by atoms with Gasteiger partial charge in [0.05, 0.1) is 30.8 Å². The lowest BCUT2D eigenvalue weighted by Crippen LogP contribution is -2.26. The van der Waals surface area contributed by atoms with Crippen LogP contribution in [-0.2, 0) is 4.74 Å². The van der Waals surface area contributed by atoms with Crippen LogP contribution < -0.4 is 5.73 Å². The molecule has 7 nitrogen and oxygen atoms in total. The van der Waals surface area contributed by atoms with E-state index in [4.69, 9.17) is 22.1 Å². The minimum Gasteiger partial charge on any atom is -0.396 e. The Balaban J connectivity index is 1.75. The molecule has 0 aliphatic carbocycles. The first kappa shape index (κ1) is 15.8. The zero-order valence-electron chi connectivity index (χ0n) is 13.1. The highest BCUT2D eigenvalue weighted by Crippen LogP contribution is 2.23. The molecule has 0 aromatic carbocycles. The number of hydrogen-bond acceptors (Lipinski definition) is 6. The Bertz CT molecular complexity index is 1010. The van der Waals surface area contributed by atoms with Crippen LogP contribution in [0.2, 0.25) is 5.15 Å². The van der Waals surface area contributed by atoms with Crippen molar-refractivity contribution >= 4 is 22.9 Å². The van der Waals surface area contributed by atoms with Gasteiger partial charge in [0.25, 0.3) is 0 Å². The van der Waals surface area contributed by atoms with E-state index in [2.05, 4.69) is 26.9 Å². The van der Waals surface area contributed by atoms with Crippen molar-refractivity contribution in [3.8, 4) is 23.1 Å². The van der Waals surface area contributed by atoms with Crippen molar-refractivity contribution in [1.29, 1.82) is 0 Å². The molecule has 4 rings (SSSR count). The van der Waals surface area contributed by atoms with Crippen LogP contribution in [0.4, 0.5) is 5.69 Å². The number of rotatable bonds is 1. The van der Waals surface area contributed by atoms with Crippen molar-refractivity contribution in [2.24, 2.45) is 0 Å². The van der Waals surface area contributed by atoms with Crippen LogP contribution in [0.3, 0.4) is 0 Å². The first-order chi connectivity index (χ1) is 12.0. The monoisotopic (exact) mass is 355 g/mol. The van der Waals surface area contributed by atoms with E-state index in [1.54, 1.807) is 23.0 Å². The molecule has 1 aliphatic heterocycles. The number of hydrogen-bond donors (Lipinski definition) is 2. The van der Waals surface area contributed by atoms with Gasteiger partial charge in [0, 0.05) is 18.2 Å². The largest absolute Gasteiger partial charge is 0.396 e. The summed E-state index contributed by atoms with van der Waals surface area (Å²) in [6, 6.07) is 5.36. The Morgan fingerprint density at radius 3 is 2.96 bits per heavy atom. The Hall–Kier alpha value is -2.66. The van der Waals surface area contributed by atoms with Gasteiger partial charge in [0.15, 0.2) is 16.4 Å². The lowest BCUT2D eigenvalue weighted by atomic mass is 10.1. The number of halogens is 1. The molecular weight excluding hydrogens is 342 g/mol. The maximum atomic E-state index is 10.3. The van der Waals surface area contributed by atoms with E-state index >= 15 is 0 Å². The number of nitrogens with two attached hydrogens (primary N) is 1. The summed E-state index contributed by atoms with van der Waals surface area (Å²) >= 11 is 5.86. The van der Waals surface area contributed by atoms with Crippen LogP contribution in [0.15, 0.2) is 30.6 Å². The normalized spacial score (nSPS) is 19.8. The highest BCUT2D eigenvalue weighted by molar-refractivity contribution is 6.31. The fraction of sp³-hybridized carbons (Fsp3) is 0.235. The van der Waals surface area contributed by atoms with Gasteiger partial charge in [-0.2, -0.15) is 5.10 Å². The molecule has 3 aromatic rings. The van der Waals surface area contributed by atoms with Gasteiger partial charge in [-0.3, -0.25) is 0 Å². The number of nitrogens with zero attached hydrogens (tertiary/aromatic N) is 4. The van der Waals surface area contributed by atoms with E-state index < -0.39 is 5.60 Å². The van der Waals surface area contributed by atoms with Gasteiger partial charge in [-0.05, 0) is 24.1 Å². The Kier molecular flexibility index (Phi) is 3.81. The molecule has 1 unspecified atom stereocenters. The number of nitrogen functional groups attached to an aromatic ring is 1. The van der Waals surface area contributed by atoms with Crippen molar-refractivity contribution < 1.29 is 9.84 Å². The minimum atomic E-state index is -1.11. The van der Waals surface area contributed by atoms with E-state index in [0.717, 1.165) is 5.56 Å². The third-order valence-electron chi connectivity index (χ3n) is 3.95. The summed E-state index contributed by atoms with van der Waals surface area (Å²) in [5.74, 6) is 5.80. The summed E-state index contributed by atoms with van der Waals surface area (Å²) in [4.78, 5) is 8.32. The standard InChI is InChI=1S/C17H14ClN5O2/c18-16-13(19)7-11(8-21-16)14-1-2-15-20-9-12(23(15)22-14)3-4-17(24)5-6-25-10-17/h1-2,7-9,24H,5-6,10,19H2. The first-order valence-electron chi connectivity index (χ1n) is 7.64. The molecule has 0 bridgehead atoms. The van der Waals surface area contributed by atoms with Crippen LogP contribution in [-0.4, -0.2) is 43.5 Å². The average Bonchev–Trinajstić information content (AvgIpc) is 3.22. The van der Waals surface area contributed by atoms with Crippen molar-refractivity contribution in [2.45, 2.75) is 12.0 Å². The van der Waals surface area contributed by atoms with E-state index in [1.165, 1.54) is 0 Å². The highest BCUT2D eigenvalue weighted by atomic mass is 35.5. The predicted octanol–water partition coefficient (Wildman–Crippen LogP) is 1.53. The second-order valence-electron chi connectivity index (χ2n) is 5.82. The van der Waals surface area contributed by atoms with Crippen molar-refractivity contribution in [2.75, 3.05) is 18.9 Å². The second kappa shape index (κ2) is 6.01. The Labute approximate surface area is 148 Å². The molecule has 0 saturated carbocycles. The third kappa shape index (κ3) is 3.03. The molecular formula is C17H14ClN5O2. The number of anilines is 1. The molecule has 4 heterocycles. The summed E-state index contributed by atoms with van der Waals surface area (Å²) < 4.78 is 6.81. The van der Waals surface area contributed by atoms with Crippen molar-refractivity contribution in [3.63, 3.8) is 0 Å². The molecule has 126 valence electrons. The Morgan fingerprint density at radius 1 is 1.32 bits per heavy atom. The van der Waals surface area contributed by atoms with Gasteiger partial charge in [-0.1, -0.05) is 17.5 Å². The van der Waals surface area contributed by atoms with Crippen LogP contribution >= 0.6 is 11.6 Å². The SMILES string of the molecule is Nc1cc(-c2ccc3ncc(C#CC4(O)CCOC4)n3n2)cnc1Cl. The molecule has 1 saturated heterocycles. The first-order valence-corrected chi connectivity index (χ1v) is 8.01.